The van der Waals surface area contributed by atoms with Crippen LogP contribution in [0.2, 0.25) is 0 Å². The Labute approximate surface area is 207 Å². The van der Waals surface area contributed by atoms with Gasteiger partial charge in [-0.3, -0.25) is 4.79 Å². The molecule has 0 saturated heterocycles. The van der Waals surface area contributed by atoms with Gasteiger partial charge in [-0.15, -0.1) is 0 Å². The van der Waals surface area contributed by atoms with Crippen LogP contribution in [-0.4, -0.2) is 24.1 Å². The first-order valence-corrected chi connectivity index (χ1v) is 11.0. The van der Waals surface area contributed by atoms with E-state index in [2.05, 4.69) is 5.32 Å². The minimum absolute atomic E-state index is 0.0911. The van der Waals surface area contributed by atoms with Gasteiger partial charge in [0.05, 0.1) is 12.7 Å². The summed E-state index contributed by atoms with van der Waals surface area (Å²) in [7, 11) is 1.52. The third-order valence-electron chi connectivity index (χ3n) is 5.54. The molecule has 0 atom stereocenters. The van der Waals surface area contributed by atoms with E-state index < -0.39 is 11.9 Å². The van der Waals surface area contributed by atoms with Crippen LogP contribution in [-0.2, 0) is 11.4 Å². The number of nitrogens with zero attached hydrogens (tertiary/aromatic N) is 1. The number of para-hydroxylation sites is 1. The molecule has 36 heavy (non-hydrogen) atoms. The molecule has 0 aliphatic heterocycles. The number of nitriles is 1. The number of carboxylic acid groups (broad SMARTS) is 1. The number of methoxy groups -OCH3 is 1. The molecule has 0 heterocycles. The lowest BCUT2D eigenvalue weighted by atomic mass is 10.1. The van der Waals surface area contributed by atoms with Gasteiger partial charge in [0.2, 0.25) is 0 Å². The minimum atomic E-state index is -1.07. The van der Waals surface area contributed by atoms with Gasteiger partial charge in [0.1, 0.15) is 18.2 Å². The summed E-state index contributed by atoms with van der Waals surface area (Å²) in [6, 6.07) is 26.8. The van der Waals surface area contributed by atoms with E-state index in [-0.39, 0.29) is 17.7 Å². The summed E-state index contributed by atoms with van der Waals surface area (Å²) >= 11 is 0. The fourth-order valence-corrected chi connectivity index (χ4v) is 3.73. The molecule has 178 valence electrons. The molecule has 7 heteroatoms. The van der Waals surface area contributed by atoms with Crippen molar-refractivity contribution in [3.63, 3.8) is 0 Å². The van der Waals surface area contributed by atoms with Crippen molar-refractivity contribution in [2.24, 2.45) is 0 Å². The second kappa shape index (κ2) is 10.9. The molecule has 0 unspecified atom stereocenters. The van der Waals surface area contributed by atoms with Gasteiger partial charge in [-0.05, 0) is 52.7 Å². The van der Waals surface area contributed by atoms with Crippen molar-refractivity contribution in [1.29, 1.82) is 5.26 Å². The number of carbonyl (C=O) groups excluding carboxylic acids is 1. The maximum atomic E-state index is 12.8. The fraction of sp³-hybridized carbons (Fsp3) is 0.0690. The Morgan fingerprint density at radius 3 is 2.42 bits per heavy atom. The Hall–Kier alpha value is -5.09. The number of hydrogen-bond acceptors (Lipinski definition) is 5. The maximum Gasteiger partial charge on any atom is 0.335 e. The van der Waals surface area contributed by atoms with Crippen LogP contribution in [0, 0.1) is 11.3 Å². The smallest absolute Gasteiger partial charge is 0.335 e. The van der Waals surface area contributed by atoms with Gasteiger partial charge in [0, 0.05) is 11.3 Å². The monoisotopic (exact) mass is 478 g/mol. The summed E-state index contributed by atoms with van der Waals surface area (Å²) in [6.07, 6.45) is 1.43. The lowest BCUT2D eigenvalue weighted by Gasteiger charge is -2.15. The number of amides is 1. The molecule has 0 radical (unpaired) electrons. The SMILES string of the molecule is COc1cccc(/C=C(\C#N)C(=O)Nc2ccc(C(=O)O)cc2)c1OCc1cccc2ccccc12. The standard InChI is InChI=1S/C29H22N2O5/c1-35-26-11-5-8-21(27(26)36-18-22-9-4-7-19-6-2-3-10-25(19)22)16-23(17-30)28(32)31-24-14-12-20(13-15-24)29(33)34/h2-16H,18H2,1H3,(H,31,32)(H,33,34)/b23-16+. The lowest BCUT2D eigenvalue weighted by molar-refractivity contribution is -0.112. The number of nitrogens with one attached hydrogen (secondary N) is 1. The Morgan fingerprint density at radius 1 is 0.972 bits per heavy atom. The number of aromatic carboxylic acids is 1. The van der Waals surface area contributed by atoms with E-state index in [1.54, 1.807) is 18.2 Å². The van der Waals surface area contributed by atoms with E-state index in [0.717, 1.165) is 16.3 Å². The first-order chi connectivity index (χ1) is 17.5. The third kappa shape index (κ3) is 5.34. The van der Waals surface area contributed by atoms with Crippen molar-refractivity contribution < 1.29 is 24.2 Å². The fourth-order valence-electron chi connectivity index (χ4n) is 3.73. The maximum absolute atomic E-state index is 12.8. The van der Waals surface area contributed by atoms with Crippen LogP contribution in [0.5, 0.6) is 11.5 Å². The Morgan fingerprint density at radius 2 is 1.69 bits per heavy atom. The van der Waals surface area contributed by atoms with Gasteiger partial charge < -0.3 is 19.9 Å². The van der Waals surface area contributed by atoms with E-state index in [0.29, 0.717) is 22.7 Å². The predicted octanol–water partition coefficient (Wildman–Crippen LogP) is 5.67. The first-order valence-electron chi connectivity index (χ1n) is 11.0. The van der Waals surface area contributed by atoms with E-state index in [1.165, 1.54) is 37.5 Å². The normalized spacial score (nSPS) is 10.9. The molecule has 0 spiro atoms. The second-order valence-corrected chi connectivity index (χ2v) is 7.81. The first kappa shape index (κ1) is 24.0. The average Bonchev–Trinajstić information content (AvgIpc) is 2.90. The van der Waals surface area contributed by atoms with E-state index >= 15 is 0 Å². The summed E-state index contributed by atoms with van der Waals surface area (Å²) in [4.78, 5) is 23.8. The second-order valence-electron chi connectivity index (χ2n) is 7.81. The van der Waals surface area contributed by atoms with Gasteiger partial charge in [-0.1, -0.05) is 54.6 Å². The van der Waals surface area contributed by atoms with Crippen LogP contribution < -0.4 is 14.8 Å². The molecule has 0 aromatic heterocycles. The molecular formula is C29H22N2O5. The zero-order valence-electron chi connectivity index (χ0n) is 19.4. The van der Waals surface area contributed by atoms with E-state index in [9.17, 15) is 14.9 Å². The van der Waals surface area contributed by atoms with E-state index in [1.807, 2.05) is 48.5 Å². The summed E-state index contributed by atoms with van der Waals surface area (Å²) < 4.78 is 11.6. The number of rotatable bonds is 8. The van der Waals surface area contributed by atoms with Crippen molar-refractivity contribution in [3.8, 4) is 17.6 Å². The van der Waals surface area contributed by atoms with Crippen LogP contribution in [0.25, 0.3) is 16.8 Å². The summed E-state index contributed by atoms with van der Waals surface area (Å²) in [6.45, 7) is 0.257. The summed E-state index contributed by atoms with van der Waals surface area (Å²) in [5.74, 6) is -0.840. The number of anilines is 1. The van der Waals surface area contributed by atoms with Crippen LogP contribution >= 0.6 is 0 Å². The van der Waals surface area contributed by atoms with Crippen molar-refractivity contribution in [1.82, 2.24) is 0 Å². The molecule has 4 aromatic carbocycles. The van der Waals surface area contributed by atoms with Gasteiger partial charge in [0.25, 0.3) is 5.91 Å². The highest BCUT2D eigenvalue weighted by atomic mass is 16.5. The van der Waals surface area contributed by atoms with Crippen LogP contribution in [0.4, 0.5) is 5.69 Å². The molecule has 0 saturated carbocycles. The van der Waals surface area contributed by atoms with Gasteiger partial charge >= 0.3 is 5.97 Å². The molecule has 4 rings (SSSR count). The molecule has 0 bridgehead atoms. The Balaban J connectivity index is 1.60. The zero-order chi connectivity index (χ0) is 25.5. The van der Waals surface area contributed by atoms with Gasteiger partial charge in [-0.2, -0.15) is 5.26 Å². The topological polar surface area (TPSA) is 109 Å². The molecule has 2 N–H and O–H groups in total. The highest BCUT2D eigenvalue weighted by Crippen LogP contribution is 2.34. The van der Waals surface area contributed by atoms with Crippen LogP contribution in [0.1, 0.15) is 21.5 Å². The average molecular weight is 479 g/mol. The van der Waals surface area contributed by atoms with Crippen LogP contribution in [0.15, 0.2) is 90.5 Å². The Kier molecular flexibility index (Phi) is 7.28. The molecule has 0 fully saturated rings. The van der Waals surface area contributed by atoms with Gasteiger partial charge in [-0.25, -0.2) is 4.79 Å². The van der Waals surface area contributed by atoms with Crippen LogP contribution in [0.3, 0.4) is 0 Å². The summed E-state index contributed by atoms with van der Waals surface area (Å²) in [5, 5.41) is 23.5. The number of fused-ring (bicyclic) bond motifs is 1. The molecule has 0 aliphatic rings. The minimum Gasteiger partial charge on any atom is -0.493 e. The number of carboxylic acids is 1. The number of carbonyl (C=O) groups is 2. The number of benzene rings is 4. The summed E-state index contributed by atoms with van der Waals surface area (Å²) in [5.41, 5.74) is 1.79. The van der Waals surface area contributed by atoms with Crippen molar-refractivity contribution in [3.05, 3.63) is 107 Å². The third-order valence-corrected chi connectivity index (χ3v) is 5.54. The predicted molar refractivity (Wildman–Crippen MR) is 137 cm³/mol. The van der Waals surface area contributed by atoms with Crippen molar-refractivity contribution >= 4 is 34.4 Å². The van der Waals surface area contributed by atoms with Crippen molar-refractivity contribution in [2.45, 2.75) is 6.61 Å². The molecule has 7 nitrogen and oxygen atoms in total. The van der Waals surface area contributed by atoms with Crippen molar-refractivity contribution in [2.75, 3.05) is 12.4 Å². The molecule has 1 amide bonds. The largest absolute Gasteiger partial charge is 0.493 e. The zero-order valence-corrected chi connectivity index (χ0v) is 19.4. The Bertz CT molecular complexity index is 1500. The molecule has 0 aliphatic carbocycles. The highest BCUT2D eigenvalue weighted by molar-refractivity contribution is 6.10. The molecule has 4 aromatic rings. The van der Waals surface area contributed by atoms with E-state index in [4.69, 9.17) is 14.6 Å². The lowest BCUT2D eigenvalue weighted by Crippen LogP contribution is -2.13. The number of hydrogen-bond donors (Lipinski definition) is 2. The van der Waals surface area contributed by atoms with Gasteiger partial charge in [0.15, 0.2) is 11.5 Å². The highest BCUT2D eigenvalue weighted by Gasteiger charge is 2.15. The quantitative estimate of drug-likeness (QED) is 0.249. The molecular weight excluding hydrogens is 456 g/mol. The number of ether oxygens (including phenoxy) is 2.